The summed E-state index contributed by atoms with van der Waals surface area (Å²) in [6.45, 7) is 0.955. The van der Waals surface area contributed by atoms with Gasteiger partial charge in [-0.1, -0.05) is 0 Å². The van der Waals surface area contributed by atoms with Crippen LogP contribution >= 0.6 is 12.4 Å². The summed E-state index contributed by atoms with van der Waals surface area (Å²) >= 11 is 0. The van der Waals surface area contributed by atoms with E-state index in [0.717, 1.165) is 32.4 Å². The molecule has 19 heavy (non-hydrogen) atoms. The molecule has 1 heterocycles. The third kappa shape index (κ3) is 3.73. The van der Waals surface area contributed by atoms with Gasteiger partial charge in [0.25, 0.3) is 0 Å². The van der Waals surface area contributed by atoms with Crippen LogP contribution in [0.3, 0.4) is 0 Å². The highest BCUT2D eigenvalue weighted by Crippen LogP contribution is 2.58. The molecule has 3 N–H and O–H groups in total. The molecular formula is C11H18ClF3N2O2. The highest BCUT2D eigenvalue weighted by molar-refractivity contribution is 5.85. The van der Waals surface area contributed by atoms with E-state index in [2.05, 4.69) is 10.6 Å². The predicted molar refractivity (Wildman–Crippen MR) is 65.0 cm³/mol. The van der Waals surface area contributed by atoms with Crippen molar-refractivity contribution in [2.45, 2.75) is 31.5 Å². The Morgan fingerprint density at radius 3 is 2.53 bits per heavy atom. The number of aliphatic hydroxyl groups excluding tert-OH is 1. The second-order valence-corrected chi connectivity index (χ2v) is 5.17. The molecule has 1 spiro atoms. The fourth-order valence-electron chi connectivity index (χ4n) is 2.63. The van der Waals surface area contributed by atoms with Crippen molar-refractivity contribution in [1.82, 2.24) is 10.6 Å². The molecule has 2 aliphatic rings. The standard InChI is InChI=1S/C11H17F3N2O2.ClH/c12-11(13,14)8(17)6-16-9(18)7-5-10(7)1-3-15-4-2-10;/h7-8,15,17H,1-6H2,(H,16,18);1H. The van der Waals surface area contributed by atoms with Gasteiger partial charge >= 0.3 is 6.18 Å². The molecule has 2 fully saturated rings. The maximum atomic E-state index is 12.1. The molecule has 1 aliphatic carbocycles. The molecular weight excluding hydrogens is 285 g/mol. The minimum atomic E-state index is -4.68. The summed E-state index contributed by atoms with van der Waals surface area (Å²) < 4.78 is 36.2. The van der Waals surface area contributed by atoms with E-state index in [9.17, 15) is 18.0 Å². The number of carbonyl (C=O) groups is 1. The van der Waals surface area contributed by atoms with Gasteiger partial charge in [0.1, 0.15) is 0 Å². The van der Waals surface area contributed by atoms with Crippen LogP contribution < -0.4 is 10.6 Å². The Balaban J connectivity index is 0.00000180. The largest absolute Gasteiger partial charge is 0.416 e. The maximum Gasteiger partial charge on any atom is 0.416 e. The second kappa shape index (κ2) is 5.85. The van der Waals surface area contributed by atoms with Gasteiger partial charge in [-0.05, 0) is 37.8 Å². The Hall–Kier alpha value is -0.530. The van der Waals surface area contributed by atoms with Gasteiger partial charge in [-0.3, -0.25) is 4.79 Å². The van der Waals surface area contributed by atoms with Crippen molar-refractivity contribution in [3.8, 4) is 0 Å². The first-order chi connectivity index (χ1) is 8.35. The van der Waals surface area contributed by atoms with Crippen molar-refractivity contribution in [2.75, 3.05) is 19.6 Å². The zero-order valence-corrected chi connectivity index (χ0v) is 11.1. The van der Waals surface area contributed by atoms with Gasteiger partial charge in [-0.25, -0.2) is 0 Å². The predicted octanol–water partition coefficient (Wildman–Crippen LogP) is 0.837. The van der Waals surface area contributed by atoms with E-state index < -0.39 is 18.8 Å². The van der Waals surface area contributed by atoms with E-state index in [1.54, 1.807) is 0 Å². The number of piperidine rings is 1. The van der Waals surface area contributed by atoms with Crippen LogP contribution in [-0.2, 0) is 4.79 Å². The van der Waals surface area contributed by atoms with Gasteiger partial charge < -0.3 is 15.7 Å². The number of alkyl halides is 3. The van der Waals surface area contributed by atoms with Crippen molar-refractivity contribution in [3.63, 3.8) is 0 Å². The highest BCUT2D eigenvalue weighted by Gasteiger charge is 2.57. The van der Waals surface area contributed by atoms with Crippen molar-refractivity contribution >= 4 is 18.3 Å². The van der Waals surface area contributed by atoms with Crippen LogP contribution in [0.4, 0.5) is 13.2 Å². The molecule has 112 valence electrons. The SMILES string of the molecule is Cl.O=C(NCC(O)C(F)(F)F)C1CC12CCNCC2. The van der Waals surface area contributed by atoms with Crippen molar-refractivity contribution in [1.29, 1.82) is 0 Å². The Bertz CT molecular complexity index is 332. The quantitative estimate of drug-likeness (QED) is 0.724. The number of nitrogens with one attached hydrogen (secondary N) is 2. The fourth-order valence-corrected chi connectivity index (χ4v) is 2.63. The summed E-state index contributed by atoms with van der Waals surface area (Å²) in [5, 5.41) is 14.2. The van der Waals surface area contributed by atoms with Crippen LogP contribution in [0, 0.1) is 11.3 Å². The minimum absolute atomic E-state index is 0. The Labute approximate surface area is 115 Å². The summed E-state index contributed by atoms with van der Waals surface area (Å²) in [6, 6.07) is 0. The number of aliphatic hydroxyl groups is 1. The molecule has 8 heteroatoms. The monoisotopic (exact) mass is 302 g/mol. The summed E-state index contributed by atoms with van der Waals surface area (Å²) in [5.74, 6) is -0.541. The van der Waals surface area contributed by atoms with Crippen molar-refractivity contribution < 1.29 is 23.1 Å². The van der Waals surface area contributed by atoms with Crippen molar-refractivity contribution in [3.05, 3.63) is 0 Å². The lowest BCUT2D eigenvalue weighted by Gasteiger charge is -2.23. The van der Waals surface area contributed by atoms with E-state index in [1.807, 2.05) is 0 Å². The molecule has 0 aromatic heterocycles. The Morgan fingerprint density at radius 1 is 1.42 bits per heavy atom. The lowest BCUT2D eigenvalue weighted by Crippen LogP contribution is -2.42. The molecule has 2 unspecified atom stereocenters. The van der Waals surface area contributed by atoms with Crippen LogP contribution in [0.2, 0.25) is 0 Å². The van der Waals surface area contributed by atoms with Gasteiger partial charge in [0.05, 0.1) is 6.54 Å². The molecule has 1 saturated heterocycles. The van der Waals surface area contributed by atoms with Crippen LogP contribution in [0.5, 0.6) is 0 Å². The summed E-state index contributed by atoms with van der Waals surface area (Å²) in [5.41, 5.74) is -0.00147. The van der Waals surface area contributed by atoms with Crippen LogP contribution in [0.25, 0.3) is 0 Å². The van der Waals surface area contributed by atoms with Crippen LogP contribution in [-0.4, -0.2) is 42.9 Å². The Morgan fingerprint density at radius 2 is 2.00 bits per heavy atom. The number of hydrogen-bond acceptors (Lipinski definition) is 3. The number of amides is 1. The maximum absolute atomic E-state index is 12.1. The van der Waals surface area contributed by atoms with Gasteiger partial charge in [-0.2, -0.15) is 13.2 Å². The van der Waals surface area contributed by atoms with E-state index in [1.165, 1.54) is 0 Å². The lowest BCUT2D eigenvalue weighted by molar-refractivity contribution is -0.201. The second-order valence-electron chi connectivity index (χ2n) is 5.17. The zero-order chi connectivity index (χ0) is 13.4. The molecule has 1 saturated carbocycles. The summed E-state index contributed by atoms with van der Waals surface area (Å²) in [6.07, 6.45) is -4.62. The van der Waals surface area contributed by atoms with Gasteiger partial charge in [-0.15, -0.1) is 12.4 Å². The Kier molecular flexibility index (Phi) is 5.08. The van der Waals surface area contributed by atoms with Crippen LogP contribution in [0.1, 0.15) is 19.3 Å². The van der Waals surface area contributed by atoms with Gasteiger partial charge in [0.15, 0.2) is 6.10 Å². The summed E-state index contributed by atoms with van der Waals surface area (Å²) in [7, 11) is 0. The number of halogens is 4. The molecule has 0 radical (unpaired) electrons. The van der Waals surface area contributed by atoms with Crippen LogP contribution in [0.15, 0.2) is 0 Å². The van der Waals surface area contributed by atoms with Gasteiger partial charge in [0.2, 0.25) is 5.91 Å². The third-order valence-electron chi connectivity index (χ3n) is 3.95. The fraction of sp³-hybridized carbons (Fsp3) is 0.909. The average Bonchev–Trinajstić information content (AvgIpc) is 2.99. The number of carbonyl (C=O) groups excluding carboxylic acids is 1. The molecule has 1 aliphatic heterocycles. The van der Waals surface area contributed by atoms with E-state index in [0.29, 0.717) is 0 Å². The molecule has 0 aromatic rings. The van der Waals surface area contributed by atoms with E-state index in [4.69, 9.17) is 5.11 Å². The van der Waals surface area contributed by atoms with E-state index in [-0.39, 0.29) is 29.6 Å². The molecule has 0 aromatic carbocycles. The average molecular weight is 303 g/mol. The lowest BCUT2D eigenvalue weighted by atomic mass is 9.92. The topological polar surface area (TPSA) is 61.4 Å². The summed E-state index contributed by atoms with van der Waals surface area (Å²) in [4.78, 5) is 11.7. The molecule has 0 bridgehead atoms. The van der Waals surface area contributed by atoms with Crippen molar-refractivity contribution in [2.24, 2.45) is 11.3 Å². The number of rotatable bonds is 3. The number of hydrogen-bond donors (Lipinski definition) is 3. The molecule has 1 amide bonds. The highest BCUT2D eigenvalue weighted by atomic mass is 35.5. The molecule has 2 rings (SSSR count). The normalized spacial score (nSPS) is 26.4. The molecule has 2 atom stereocenters. The smallest absolute Gasteiger partial charge is 0.382 e. The molecule has 4 nitrogen and oxygen atoms in total. The minimum Gasteiger partial charge on any atom is -0.382 e. The first-order valence-electron chi connectivity index (χ1n) is 6.08. The third-order valence-corrected chi connectivity index (χ3v) is 3.95. The first-order valence-corrected chi connectivity index (χ1v) is 6.08. The first kappa shape index (κ1) is 16.5. The zero-order valence-electron chi connectivity index (χ0n) is 10.3. The van der Waals surface area contributed by atoms with E-state index >= 15 is 0 Å². The van der Waals surface area contributed by atoms with Gasteiger partial charge in [0, 0.05) is 5.92 Å².